The molecule has 2 N–H and O–H groups in total. The molecule has 0 bridgehead atoms. The molecule has 0 aliphatic carbocycles. The molecule has 12 heavy (non-hydrogen) atoms. The summed E-state index contributed by atoms with van der Waals surface area (Å²) in [5.74, 6) is 0. The summed E-state index contributed by atoms with van der Waals surface area (Å²) in [5.41, 5.74) is 7.92. The second-order valence-corrected chi connectivity index (χ2v) is 4.64. The van der Waals surface area contributed by atoms with Gasteiger partial charge in [-0.1, -0.05) is 6.07 Å². The van der Waals surface area contributed by atoms with Gasteiger partial charge in [0.25, 0.3) is 0 Å². The summed E-state index contributed by atoms with van der Waals surface area (Å²) in [6.07, 6.45) is 0. The first kappa shape index (κ1) is 7.95. The molecule has 62 valence electrons. The lowest BCUT2D eigenvalue weighted by molar-refractivity contribution is 1.54. The molecule has 1 heterocycles. The Hall–Kier alpha value is -0.670. The first-order chi connectivity index (χ1) is 5.68. The van der Waals surface area contributed by atoms with Crippen molar-refractivity contribution in [1.82, 2.24) is 0 Å². The lowest BCUT2D eigenvalue weighted by Crippen LogP contribution is -1.84. The van der Waals surface area contributed by atoms with Crippen LogP contribution in [0.1, 0.15) is 5.56 Å². The van der Waals surface area contributed by atoms with Gasteiger partial charge >= 0.3 is 0 Å². The number of rotatable bonds is 0. The third kappa shape index (κ3) is 1.09. The Morgan fingerprint density at radius 3 is 2.83 bits per heavy atom. The SMILES string of the molecule is Cc1ccc(N)c2sc(S)cc12. The summed E-state index contributed by atoms with van der Waals surface area (Å²) >= 11 is 5.93. The van der Waals surface area contributed by atoms with Crippen LogP contribution in [-0.4, -0.2) is 0 Å². The Kier molecular flexibility index (Phi) is 1.77. The fraction of sp³-hybridized carbons (Fsp3) is 0.111. The largest absolute Gasteiger partial charge is 0.398 e. The Morgan fingerprint density at radius 1 is 1.42 bits per heavy atom. The van der Waals surface area contributed by atoms with Gasteiger partial charge < -0.3 is 5.73 Å². The van der Waals surface area contributed by atoms with Crippen LogP contribution in [-0.2, 0) is 0 Å². The van der Waals surface area contributed by atoms with E-state index in [1.165, 1.54) is 10.9 Å². The van der Waals surface area contributed by atoms with E-state index in [-0.39, 0.29) is 0 Å². The maximum atomic E-state index is 5.81. The van der Waals surface area contributed by atoms with E-state index in [0.29, 0.717) is 0 Å². The third-order valence-corrected chi connectivity index (χ3v) is 3.31. The van der Waals surface area contributed by atoms with Gasteiger partial charge in [0.05, 0.1) is 8.91 Å². The van der Waals surface area contributed by atoms with Gasteiger partial charge in [0, 0.05) is 5.69 Å². The quantitative estimate of drug-likeness (QED) is 0.490. The average Bonchev–Trinajstić information content (AvgIpc) is 2.41. The normalized spacial score (nSPS) is 10.8. The van der Waals surface area contributed by atoms with Crippen LogP contribution in [0.3, 0.4) is 0 Å². The van der Waals surface area contributed by atoms with Crippen molar-refractivity contribution in [2.24, 2.45) is 0 Å². The first-order valence-electron chi connectivity index (χ1n) is 3.66. The van der Waals surface area contributed by atoms with Gasteiger partial charge in [-0.25, -0.2) is 0 Å². The zero-order valence-corrected chi connectivity index (χ0v) is 8.38. The van der Waals surface area contributed by atoms with E-state index in [1.807, 2.05) is 12.1 Å². The molecule has 0 radical (unpaired) electrons. The zero-order chi connectivity index (χ0) is 8.72. The van der Waals surface area contributed by atoms with Crippen LogP contribution in [0.2, 0.25) is 0 Å². The highest BCUT2D eigenvalue weighted by Crippen LogP contribution is 2.34. The van der Waals surface area contributed by atoms with Gasteiger partial charge in [-0.05, 0) is 30.0 Å². The Morgan fingerprint density at radius 2 is 2.17 bits per heavy atom. The molecule has 2 aromatic rings. The molecule has 0 fully saturated rings. The van der Waals surface area contributed by atoms with E-state index in [9.17, 15) is 0 Å². The number of hydrogen-bond donors (Lipinski definition) is 2. The van der Waals surface area contributed by atoms with Crippen molar-refractivity contribution < 1.29 is 0 Å². The number of thiol groups is 1. The fourth-order valence-corrected chi connectivity index (χ4v) is 2.57. The second-order valence-electron chi connectivity index (χ2n) is 2.80. The molecular weight excluding hydrogens is 186 g/mol. The maximum absolute atomic E-state index is 5.81. The maximum Gasteiger partial charge on any atom is 0.0586 e. The molecule has 0 aliphatic rings. The van der Waals surface area contributed by atoms with Gasteiger partial charge in [0.1, 0.15) is 0 Å². The minimum Gasteiger partial charge on any atom is -0.398 e. The second kappa shape index (κ2) is 2.68. The van der Waals surface area contributed by atoms with E-state index in [4.69, 9.17) is 5.73 Å². The molecule has 1 aromatic carbocycles. The molecule has 3 heteroatoms. The van der Waals surface area contributed by atoms with Crippen LogP contribution < -0.4 is 5.73 Å². The van der Waals surface area contributed by atoms with Crippen LogP contribution >= 0.6 is 24.0 Å². The molecule has 0 aliphatic heterocycles. The number of aryl methyl sites for hydroxylation is 1. The van der Waals surface area contributed by atoms with E-state index < -0.39 is 0 Å². The highest BCUT2D eigenvalue weighted by Gasteiger charge is 2.04. The van der Waals surface area contributed by atoms with E-state index in [2.05, 4.69) is 25.6 Å². The van der Waals surface area contributed by atoms with Gasteiger partial charge in [-0.3, -0.25) is 0 Å². The molecule has 0 saturated heterocycles. The number of anilines is 1. The van der Waals surface area contributed by atoms with Crippen LogP contribution in [0.25, 0.3) is 10.1 Å². The average molecular weight is 195 g/mol. The molecule has 0 spiro atoms. The van der Waals surface area contributed by atoms with Crippen molar-refractivity contribution in [3.05, 3.63) is 23.8 Å². The standard InChI is InChI=1S/C9H9NS2/c1-5-2-3-7(10)9-6(5)4-8(11)12-9/h2-4,11H,10H2,1H3. The minimum atomic E-state index is 0.848. The van der Waals surface area contributed by atoms with Crippen molar-refractivity contribution >= 4 is 39.7 Å². The molecule has 0 amide bonds. The van der Waals surface area contributed by atoms with Crippen molar-refractivity contribution in [3.63, 3.8) is 0 Å². The predicted octanol–water partition coefficient (Wildman–Crippen LogP) is 3.08. The predicted molar refractivity (Wildman–Crippen MR) is 58.2 cm³/mol. The molecule has 1 aromatic heterocycles. The lowest BCUT2D eigenvalue weighted by atomic mass is 10.1. The van der Waals surface area contributed by atoms with E-state index in [1.54, 1.807) is 11.3 Å². The smallest absolute Gasteiger partial charge is 0.0586 e. The number of hydrogen-bond acceptors (Lipinski definition) is 3. The lowest BCUT2D eigenvalue weighted by Gasteiger charge is -1.97. The zero-order valence-electron chi connectivity index (χ0n) is 6.66. The first-order valence-corrected chi connectivity index (χ1v) is 4.92. The summed E-state index contributed by atoms with van der Waals surface area (Å²) < 4.78 is 2.17. The molecule has 0 unspecified atom stereocenters. The number of thiophene rings is 1. The summed E-state index contributed by atoms with van der Waals surface area (Å²) in [4.78, 5) is 0. The van der Waals surface area contributed by atoms with Gasteiger partial charge in [0.2, 0.25) is 0 Å². The minimum absolute atomic E-state index is 0.848. The summed E-state index contributed by atoms with van der Waals surface area (Å²) in [5, 5.41) is 1.23. The summed E-state index contributed by atoms with van der Waals surface area (Å²) in [7, 11) is 0. The van der Waals surface area contributed by atoms with Crippen molar-refractivity contribution in [3.8, 4) is 0 Å². The van der Waals surface area contributed by atoms with Crippen LogP contribution in [0.4, 0.5) is 5.69 Å². The highest BCUT2D eigenvalue weighted by molar-refractivity contribution is 7.83. The van der Waals surface area contributed by atoms with Gasteiger partial charge in [-0.2, -0.15) is 0 Å². The van der Waals surface area contributed by atoms with E-state index >= 15 is 0 Å². The highest BCUT2D eigenvalue weighted by atomic mass is 32.2. The summed E-state index contributed by atoms with van der Waals surface area (Å²) in [6.45, 7) is 2.09. The fourth-order valence-electron chi connectivity index (χ4n) is 1.27. The van der Waals surface area contributed by atoms with Crippen molar-refractivity contribution in [2.75, 3.05) is 5.73 Å². The van der Waals surface area contributed by atoms with Crippen LogP contribution in [0.5, 0.6) is 0 Å². The number of benzene rings is 1. The topological polar surface area (TPSA) is 26.0 Å². The molecular formula is C9H9NS2. The number of nitrogens with two attached hydrogens (primary N) is 1. The number of nitrogen functional groups attached to an aromatic ring is 1. The van der Waals surface area contributed by atoms with E-state index in [0.717, 1.165) is 14.6 Å². The Bertz CT molecular complexity index is 392. The molecule has 0 atom stereocenters. The van der Waals surface area contributed by atoms with Gasteiger partial charge in [0.15, 0.2) is 0 Å². The Labute approximate surface area is 80.6 Å². The van der Waals surface area contributed by atoms with Gasteiger partial charge in [-0.15, -0.1) is 24.0 Å². The van der Waals surface area contributed by atoms with Crippen LogP contribution in [0, 0.1) is 6.92 Å². The Balaban J connectivity index is 2.93. The third-order valence-electron chi connectivity index (χ3n) is 1.92. The molecule has 0 saturated carbocycles. The molecule has 1 nitrogen and oxygen atoms in total. The molecule has 2 rings (SSSR count). The van der Waals surface area contributed by atoms with Crippen molar-refractivity contribution in [1.29, 1.82) is 0 Å². The monoisotopic (exact) mass is 195 g/mol. The number of fused-ring (bicyclic) bond motifs is 1. The summed E-state index contributed by atoms with van der Waals surface area (Å²) in [6, 6.07) is 6.05. The van der Waals surface area contributed by atoms with Crippen molar-refractivity contribution in [2.45, 2.75) is 11.1 Å². The van der Waals surface area contributed by atoms with Crippen LogP contribution in [0.15, 0.2) is 22.4 Å².